The van der Waals surface area contributed by atoms with Crippen molar-refractivity contribution in [3.05, 3.63) is 17.0 Å². The van der Waals surface area contributed by atoms with Crippen LogP contribution in [0.2, 0.25) is 0 Å². The molecule has 0 saturated carbocycles. The number of aryl methyl sites for hydroxylation is 1. The minimum absolute atomic E-state index is 0.360. The van der Waals surface area contributed by atoms with Crippen LogP contribution in [0.1, 0.15) is 31.1 Å². The van der Waals surface area contributed by atoms with Crippen molar-refractivity contribution in [1.29, 1.82) is 0 Å². The highest BCUT2D eigenvalue weighted by Crippen LogP contribution is 2.28. The molecule has 1 aliphatic heterocycles. The summed E-state index contributed by atoms with van der Waals surface area (Å²) in [5.74, 6) is 0. The summed E-state index contributed by atoms with van der Waals surface area (Å²) in [5.41, 5.74) is 5.89. The minimum atomic E-state index is -3.37. The van der Waals surface area contributed by atoms with Gasteiger partial charge in [-0.05, 0) is 37.8 Å². The van der Waals surface area contributed by atoms with Crippen molar-refractivity contribution in [3.8, 4) is 0 Å². The monoisotopic (exact) mass is 274 g/mol. The topological polar surface area (TPSA) is 63.4 Å². The van der Waals surface area contributed by atoms with E-state index in [1.54, 1.807) is 6.07 Å². The van der Waals surface area contributed by atoms with Crippen LogP contribution in [0.5, 0.6) is 0 Å². The van der Waals surface area contributed by atoms with Crippen LogP contribution >= 0.6 is 11.3 Å². The molecule has 1 aromatic heterocycles. The lowest BCUT2D eigenvalue weighted by Gasteiger charge is -2.31. The van der Waals surface area contributed by atoms with Gasteiger partial charge in [-0.3, -0.25) is 0 Å². The lowest BCUT2D eigenvalue weighted by atomic mass is 10.1. The second kappa shape index (κ2) is 5.06. The van der Waals surface area contributed by atoms with Gasteiger partial charge in [-0.15, -0.1) is 11.3 Å². The number of hydrogen-bond acceptors (Lipinski definition) is 4. The maximum atomic E-state index is 12.4. The molecule has 1 atom stereocenters. The Morgan fingerprint density at radius 1 is 1.47 bits per heavy atom. The Balaban J connectivity index is 2.28. The van der Waals surface area contributed by atoms with E-state index >= 15 is 0 Å². The smallest absolute Gasteiger partial charge is 0.253 e. The maximum Gasteiger partial charge on any atom is 0.253 e. The molecule has 1 aromatic rings. The molecular weight excluding hydrogens is 256 g/mol. The molecule has 1 aliphatic rings. The van der Waals surface area contributed by atoms with E-state index in [2.05, 4.69) is 0 Å². The fourth-order valence-corrected chi connectivity index (χ4v) is 5.04. The van der Waals surface area contributed by atoms with E-state index in [9.17, 15) is 8.42 Å². The lowest BCUT2D eigenvalue weighted by molar-refractivity contribution is 0.258. The van der Waals surface area contributed by atoms with Crippen LogP contribution < -0.4 is 5.73 Å². The molecule has 2 rings (SSSR count). The van der Waals surface area contributed by atoms with Gasteiger partial charge in [0.05, 0.1) is 6.17 Å². The Kier molecular flexibility index (Phi) is 3.87. The van der Waals surface area contributed by atoms with Crippen LogP contribution in [0, 0.1) is 0 Å². The van der Waals surface area contributed by atoms with Gasteiger partial charge in [0.15, 0.2) is 0 Å². The molecule has 1 unspecified atom stereocenters. The number of nitrogens with two attached hydrogens (primary N) is 1. The van der Waals surface area contributed by atoms with Crippen molar-refractivity contribution in [1.82, 2.24) is 4.31 Å². The van der Waals surface area contributed by atoms with E-state index in [0.29, 0.717) is 10.8 Å². The summed E-state index contributed by atoms with van der Waals surface area (Å²) < 4.78 is 26.6. The highest BCUT2D eigenvalue weighted by Gasteiger charge is 2.32. The summed E-state index contributed by atoms with van der Waals surface area (Å²) in [6.07, 6.45) is 3.18. The molecule has 0 amide bonds. The van der Waals surface area contributed by atoms with Gasteiger partial charge in [0.2, 0.25) is 0 Å². The van der Waals surface area contributed by atoms with Crippen LogP contribution in [0.25, 0.3) is 0 Å². The molecule has 0 radical (unpaired) electrons. The Labute approximate surface area is 106 Å². The second-order valence-electron chi connectivity index (χ2n) is 4.25. The SMILES string of the molecule is CCc1ccc(S(=O)(=O)N2CCCCC2N)s1. The molecule has 0 aliphatic carbocycles. The third-order valence-electron chi connectivity index (χ3n) is 3.05. The summed E-state index contributed by atoms with van der Waals surface area (Å²) >= 11 is 1.35. The summed E-state index contributed by atoms with van der Waals surface area (Å²) in [7, 11) is -3.37. The van der Waals surface area contributed by atoms with Crippen molar-refractivity contribution >= 4 is 21.4 Å². The van der Waals surface area contributed by atoms with E-state index < -0.39 is 10.0 Å². The fourth-order valence-electron chi connectivity index (χ4n) is 2.03. The predicted molar refractivity (Wildman–Crippen MR) is 69.4 cm³/mol. The van der Waals surface area contributed by atoms with E-state index in [1.165, 1.54) is 15.6 Å². The second-order valence-corrected chi connectivity index (χ2v) is 7.54. The largest absolute Gasteiger partial charge is 0.315 e. The predicted octanol–water partition coefficient (Wildman–Crippen LogP) is 1.77. The molecule has 2 N–H and O–H groups in total. The molecule has 4 nitrogen and oxygen atoms in total. The Morgan fingerprint density at radius 3 is 2.82 bits per heavy atom. The van der Waals surface area contributed by atoms with Gasteiger partial charge in [0, 0.05) is 11.4 Å². The van der Waals surface area contributed by atoms with Crippen molar-refractivity contribution in [2.24, 2.45) is 5.73 Å². The fraction of sp³-hybridized carbons (Fsp3) is 0.636. The summed E-state index contributed by atoms with van der Waals surface area (Å²) in [6, 6.07) is 3.58. The number of rotatable bonds is 3. The lowest BCUT2D eigenvalue weighted by Crippen LogP contribution is -2.48. The quantitative estimate of drug-likeness (QED) is 0.913. The van der Waals surface area contributed by atoms with Crippen LogP contribution in [0.15, 0.2) is 16.3 Å². The zero-order chi connectivity index (χ0) is 12.5. The zero-order valence-corrected chi connectivity index (χ0v) is 11.6. The molecule has 0 spiro atoms. The van der Waals surface area contributed by atoms with Crippen molar-refractivity contribution in [2.45, 2.75) is 43.0 Å². The number of nitrogens with zero attached hydrogens (tertiary/aromatic N) is 1. The number of thiophene rings is 1. The van der Waals surface area contributed by atoms with Gasteiger partial charge in [0.25, 0.3) is 10.0 Å². The zero-order valence-electron chi connectivity index (χ0n) is 9.93. The number of sulfonamides is 1. The van der Waals surface area contributed by atoms with Gasteiger partial charge < -0.3 is 5.73 Å². The van der Waals surface area contributed by atoms with Crippen molar-refractivity contribution in [2.75, 3.05) is 6.54 Å². The van der Waals surface area contributed by atoms with Crippen molar-refractivity contribution < 1.29 is 8.42 Å². The van der Waals surface area contributed by atoms with Gasteiger partial charge in [0.1, 0.15) is 4.21 Å². The van der Waals surface area contributed by atoms with Gasteiger partial charge >= 0.3 is 0 Å². The van der Waals surface area contributed by atoms with Crippen molar-refractivity contribution in [3.63, 3.8) is 0 Å². The summed E-state index contributed by atoms with van der Waals surface area (Å²) in [4.78, 5) is 1.09. The molecule has 1 saturated heterocycles. The van der Waals surface area contributed by atoms with E-state index in [-0.39, 0.29) is 6.17 Å². The highest BCUT2D eigenvalue weighted by atomic mass is 32.2. The molecule has 0 aromatic carbocycles. The normalized spacial score (nSPS) is 22.8. The Morgan fingerprint density at radius 2 is 2.24 bits per heavy atom. The summed E-state index contributed by atoms with van der Waals surface area (Å²) in [5, 5.41) is 0. The first-order chi connectivity index (χ1) is 8.05. The van der Waals surface area contributed by atoms with Crippen LogP contribution in [0.3, 0.4) is 0 Å². The number of hydrogen-bond donors (Lipinski definition) is 1. The minimum Gasteiger partial charge on any atom is -0.315 e. The molecule has 0 bridgehead atoms. The first kappa shape index (κ1) is 13.0. The first-order valence-electron chi connectivity index (χ1n) is 5.92. The third-order valence-corrected chi connectivity index (χ3v) is 6.67. The average Bonchev–Trinajstić information content (AvgIpc) is 2.78. The van der Waals surface area contributed by atoms with Crippen LogP contribution in [-0.2, 0) is 16.4 Å². The van der Waals surface area contributed by atoms with Crippen LogP contribution in [-0.4, -0.2) is 25.4 Å². The van der Waals surface area contributed by atoms with E-state index in [1.807, 2.05) is 13.0 Å². The standard InChI is InChI=1S/C11H18N2O2S2/c1-2-9-6-7-11(16-9)17(14,15)13-8-4-3-5-10(13)12/h6-7,10H,2-5,8,12H2,1H3. The number of piperidine rings is 1. The molecule has 2 heterocycles. The third kappa shape index (κ3) is 2.54. The van der Waals surface area contributed by atoms with E-state index in [0.717, 1.165) is 30.6 Å². The molecule has 1 fully saturated rings. The molecule has 17 heavy (non-hydrogen) atoms. The highest BCUT2D eigenvalue weighted by molar-refractivity contribution is 7.91. The van der Waals surface area contributed by atoms with Gasteiger partial charge in [-0.25, -0.2) is 8.42 Å². The van der Waals surface area contributed by atoms with Crippen LogP contribution in [0.4, 0.5) is 0 Å². The molecule has 96 valence electrons. The van der Waals surface area contributed by atoms with Gasteiger partial charge in [-0.2, -0.15) is 4.31 Å². The van der Waals surface area contributed by atoms with E-state index in [4.69, 9.17) is 5.73 Å². The molecular formula is C11H18N2O2S2. The average molecular weight is 274 g/mol. The maximum absolute atomic E-state index is 12.4. The summed E-state index contributed by atoms with van der Waals surface area (Å²) in [6.45, 7) is 2.57. The Bertz CT molecular complexity index is 481. The first-order valence-corrected chi connectivity index (χ1v) is 8.17. The Hall–Kier alpha value is -0.430. The van der Waals surface area contributed by atoms with Gasteiger partial charge in [-0.1, -0.05) is 6.92 Å². The molecule has 6 heteroatoms.